The van der Waals surface area contributed by atoms with E-state index in [1.54, 1.807) is 31.2 Å². The van der Waals surface area contributed by atoms with Crippen LogP contribution >= 0.6 is 0 Å². The first-order valence-corrected chi connectivity index (χ1v) is 7.79. The molecular weight excluding hydrogens is 278 g/mol. The minimum absolute atomic E-state index is 0.223. The molecule has 1 aromatic carbocycles. The molecule has 0 heterocycles. The monoisotopic (exact) mass is 295 g/mol. The van der Waals surface area contributed by atoms with Crippen molar-refractivity contribution in [1.82, 2.24) is 9.62 Å². The van der Waals surface area contributed by atoms with Gasteiger partial charge in [0.2, 0.25) is 15.9 Å². The molecule has 0 radical (unpaired) electrons. The van der Waals surface area contributed by atoms with Gasteiger partial charge in [-0.25, -0.2) is 8.42 Å². The number of nitrogens with one attached hydrogen (secondary N) is 1. The predicted molar refractivity (Wildman–Crippen MR) is 75.2 cm³/mol. The molecule has 0 aliphatic rings. The Morgan fingerprint density at radius 1 is 1.40 bits per heavy atom. The predicted octanol–water partition coefficient (Wildman–Crippen LogP) is 0.627. The topological polar surface area (TPSA) is 90.3 Å². The van der Waals surface area contributed by atoms with Crippen LogP contribution in [0, 0.1) is 11.3 Å². The number of benzene rings is 1. The van der Waals surface area contributed by atoms with Crippen LogP contribution in [-0.2, 0) is 14.8 Å². The number of hydrogen-bond donors (Lipinski definition) is 1. The van der Waals surface area contributed by atoms with E-state index in [0.717, 1.165) is 16.1 Å². The fraction of sp³-hybridized carbons (Fsp3) is 0.385. The van der Waals surface area contributed by atoms with Crippen LogP contribution in [0.25, 0.3) is 0 Å². The molecule has 0 aliphatic heterocycles. The van der Waals surface area contributed by atoms with Crippen molar-refractivity contribution in [3.63, 3.8) is 0 Å². The van der Waals surface area contributed by atoms with Crippen LogP contribution in [-0.4, -0.2) is 38.5 Å². The lowest BCUT2D eigenvalue weighted by Gasteiger charge is -2.17. The number of rotatable bonds is 5. The van der Waals surface area contributed by atoms with Crippen molar-refractivity contribution in [2.24, 2.45) is 0 Å². The smallest absolute Gasteiger partial charge is 0.235 e. The molecule has 7 heteroatoms. The Bertz CT molecular complexity index is 617. The average Bonchev–Trinajstić information content (AvgIpc) is 2.37. The first-order valence-electron chi connectivity index (χ1n) is 5.94. The van der Waals surface area contributed by atoms with Gasteiger partial charge < -0.3 is 5.32 Å². The van der Waals surface area contributed by atoms with Gasteiger partial charge in [0.15, 0.2) is 0 Å². The van der Waals surface area contributed by atoms with Gasteiger partial charge >= 0.3 is 0 Å². The maximum absolute atomic E-state index is 11.7. The van der Waals surface area contributed by atoms with E-state index in [1.165, 1.54) is 7.05 Å². The van der Waals surface area contributed by atoms with E-state index in [0.29, 0.717) is 5.56 Å². The van der Waals surface area contributed by atoms with E-state index in [-0.39, 0.29) is 18.5 Å². The van der Waals surface area contributed by atoms with Crippen LogP contribution in [0.2, 0.25) is 0 Å². The summed E-state index contributed by atoms with van der Waals surface area (Å²) in [4.78, 5) is 11.7. The largest absolute Gasteiger partial charge is 0.348 e. The molecule has 0 saturated heterocycles. The molecule has 0 spiro atoms. The highest BCUT2D eigenvalue weighted by atomic mass is 32.2. The Morgan fingerprint density at radius 3 is 2.40 bits per heavy atom. The van der Waals surface area contributed by atoms with Crippen molar-refractivity contribution in [2.45, 2.75) is 13.0 Å². The van der Waals surface area contributed by atoms with Gasteiger partial charge in [0.05, 0.1) is 30.5 Å². The molecule has 1 aromatic rings. The third kappa shape index (κ3) is 4.64. The summed E-state index contributed by atoms with van der Waals surface area (Å²) in [5.74, 6) is -0.380. The zero-order chi connectivity index (χ0) is 15.3. The SMILES string of the molecule is CC(NC(=O)CN(C)S(C)(=O)=O)c1ccc(C#N)cc1. The summed E-state index contributed by atoms with van der Waals surface area (Å²) < 4.78 is 23.4. The first-order chi connectivity index (χ1) is 9.24. The Morgan fingerprint density at radius 2 is 1.95 bits per heavy atom. The maximum Gasteiger partial charge on any atom is 0.235 e. The average molecular weight is 295 g/mol. The van der Waals surface area contributed by atoms with E-state index in [4.69, 9.17) is 5.26 Å². The van der Waals surface area contributed by atoms with Gasteiger partial charge in [-0.15, -0.1) is 0 Å². The Kier molecular flexibility index (Phi) is 5.25. The quantitative estimate of drug-likeness (QED) is 0.862. The highest BCUT2D eigenvalue weighted by Crippen LogP contribution is 2.13. The Labute approximate surface area is 119 Å². The minimum Gasteiger partial charge on any atom is -0.348 e. The van der Waals surface area contributed by atoms with E-state index in [9.17, 15) is 13.2 Å². The summed E-state index contributed by atoms with van der Waals surface area (Å²) in [6.45, 7) is 1.57. The van der Waals surface area contributed by atoms with Gasteiger partial charge in [-0.3, -0.25) is 4.79 Å². The molecule has 20 heavy (non-hydrogen) atoms. The van der Waals surface area contributed by atoms with Crippen molar-refractivity contribution in [1.29, 1.82) is 5.26 Å². The number of likely N-dealkylation sites (N-methyl/N-ethyl adjacent to an activating group) is 1. The van der Waals surface area contributed by atoms with E-state index in [2.05, 4.69) is 5.32 Å². The van der Waals surface area contributed by atoms with Gasteiger partial charge in [-0.05, 0) is 24.6 Å². The van der Waals surface area contributed by atoms with Crippen molar-refractivity contribution in [2.75, 3.05) is 19.8 Å². The molecule has 1 rings (SSSR count). The molecule has 0 saturated carbocycles. The van der Waals surface area contributed by atoms with Gasteiger partial charge in [-0.1, -0.05) is 12.1 Å². The second-order valence-corrected chi connectivity index (χ2v) is 6.63. The van der Waals surface area contributed by atoms with Crippen LogP contribution in [0.15, 0.2) is 24.3 Å². The van der Waals surface area contributed by atoms with Gasteiger partial charge in [0, 0.05) is 7.05 Å². The summed E-state index contributed by atoms with van der Waals surface area (Å²) in [5.41, 5.74) is 1.39. The second kappa shape index (κ2) is 6.50. The summed E-state index contributed by atoms with van der Waals surface area (Å²) in [5, 5.41) is 11.4. The molecule has 6 nitrogen and oxygen atoms in total. The molecule has 0 fully saturated rings. The van der Waals surface area contributed by atoms with Gasteiger partial charge in [0.25, 0.3) is 0 Å². The van der Waals surface area contributed by atoms with E-state index in [1.807, 2.05) is 6.07 Å². The molecule has 0 aromatic heterocycles. The second-order valence-electron chi connectivity index (χ2n) is 4.54. The molecule has 0 aliphatic carbocycles. The third-order valence-electron chi connectivity index (χ3n) is 2.85. The van der Waals surface area contributed by atoms with Crippen LogP contribution in [0.4, 0.5) is 0 Å². The summed E-state index contributed by atoms with van der Waals surface area (Å²) >= 11 is 0. The molecular formula is C13H17N3O3S. The van der Waals surface area contributed by atoms with Crippen LogP contribution in [0.1, 0.15) is 24.1 Å². The van der Waals surface area contributed by atoms with Crippen LogP contribution in [0.3, 0.4) is 0 Å². The zero-order valence-corrected chi connectivity index (χ0v) is 12.4. The summed E-state index contributed by atoms with van der Waals surface area (Å²) in [6, 6.07) is 8.60. The summed E-state index contributed by atoms with van der Waals surface area (Å²) in [7, 11) is -2.02. The highest BCUT2D eigenvalue weighted by molar-refractivity contribution is 7.88. The number of hydrogen-bond acceptors (Lipinski definition) is 4. The van der Waals surface area contributed by atoms with Crippen molar-refractivity contribution in [3.05, 3.63) is 35.4 Å². The Balaban J connectivity index is 2.63. The summed E-state index contributed by atoms with van der Waals surface area (Å²) in [6.07, 6.45) is 1.05. The normalized spacial score (nSPS) is 12.8. The molecule has 108 valence electrons. The first kappa shape index (κ1) is 16.1. The molecule has 1 N–H and O–H groups in total. The number of amides is 1. The van der Waals surface area contributed by atoms with Gasteiger partial charge in [0.1, 0.15) is 0 Å². The number of sulfonamides is 1. The lowest BCUT2D eigenvalue weighted by atomic mass is 10.1. The van der Waals surface area contributed by atoms with Gasteiger partial charge in [-0.2, -0.15) is 9.57 Å². The fourth-order valence-electron chi connectivity index (χ4n) is 1.54. The van der Waals surface area contributed by atoms with Crippen molar-refractivity contribution < 1.29 is 13.2 Å². The van der Waals surface area contributed by atoms with Crippen LogP contribution < -0.4 is 5.32 Å². The lowest BCUT2D eigenvalue weighted by Crippen LogP contribution is -2.38. The minimum atomic E-state index is -3.37. The standard InChI is InChI=1S/C13H17N3O3S/c1-10(12-6-4-11(8-14)5-7-12)15-13(17)9-16(2)20(3,18)19/h4-7,10H,9H2,1-3H3,(H,15,17). The third-order valence-corrected chi connectivity index (χ3v) is 4.11. The van der Waals surface area contributed by atoms with Crippen LogP contribution in [0.5, 0.6) is 0 Å². The molecule has 1 atom stereocenters. The lowest BCUT2D eigenvalue weighted by molar-refractivity contribution is -0.121. The fourth-order valence-corrected chi connectivity index (χ4v) is 1.89. The van der Waals surface area contributed by atoms with E-state index >= 15 is 0 Å². The van der Waals surface area contributed by atoms with Crippen molar-refractivity contribution >= 4 is 15.9 Å². The van der Waals surface area contributed by atoms with E-state index < -0.39 is 10.0 Å². The number of nitrogens with zero attached hydrogens (tertiary/aromatic N) is 2. The Hall–Kier alpha value is -1.91. The molecule has 0 bridgehead atoms. The molecule has 1 unspecified atom stereocenters. The number of nitriles is 1. The number of carbonyl (C=O) groups excluding carboxylic acids is 1. The highest BCUT2D eigenvalue weighted by Gasteiger charge is 2.16. The van der Waals surface area contributed by atoms with Crippen molar-refractivity contribution in [3.8, 4) is 6.07 Å². The molecule has 1 amide bonds. The number of carbonyl (C=O) groups is 1. The zero-order valence-electron chi connectivity index (χ0n) is 11.6. The maximum atomic E-state index is 11.7.